The topological polar surface area (TPSA) is 66.5 Å². The van der Waals surface area contributed by atoms with Crippen LogP contribution >= 0.6 is 0 Å². The summed E-state index contributed by atoms with van der Waals surface area (Å²) in [7, 11) is -3.50. The molecule has 1 aliphatic heterocycles. The molecule has 1 amide bonds. The number of carbonyl (C=O) groups is 1. The molecule has 4 rings (SSSR count). The van der Waals surface area contributed by atoms with Gasteiger partial charge in [-0.1, -0.05) is 36.4 Å². The predicted molar refractivity (Wildman–Crippen MR) is 113 cm³/mol. The van der Waals surface area contributed by atoms with Gasteiger partial charge in [0.05, 0.1) is 10.9 Å². The number of piperidine rings is 1. The van der Waals surface area contributed by atoms with Gasteiger partial charge in [0.1, 0.15) is 0 Å². The van der Waals surface area contributed by atoms with Crippen molar-refractivity contribution in [1.82, 2.24) is 9.62 Å². The Kier molecular flexibility index (Phi) is 5.74. The number of rotatable bonds is 5. The minimum atomic E-state index is -3.50. The van der Waals surface area contributed by atoms with Crippen LogP contribution in [0.5, 0.6) is 0 Å². The molecular formula is C23H28N2O3S. The highest BCUT2D eigenvalue weighted by Gasteiger charge is 2.33. The Balaban J connectivity index is 1.37. The predicted octanol–water partition coefficient (Wildman–Crippen LogP) is 3.45. The summed E-state index contributed by atoms with van der Waals surface area (Å²) >= 11 is 0. The fourth-order valence-corrected chi connectivity index (χ4v) is 5.89. The van der Waals surface area contributed by atoms with Crippen LogP contribution in [0.25, 0.3) is 0 Å². The number of hydrogen-bond donors (Lipinski definition) is 1. The van der Waals surface area contributed by atoms with Crippen molar-refractivity contribution in [3.05, 3.63) is 65.2 Å². The van der Waals surface area contributed by atoms with E-state index in [9.17, 15) is 13.2 Å². The Labute approximate surface area is 173 Å². The standard InChI is InChI=1S/C23H28N2O3S/c1-17(18-6-3-2-4-7-18)24-23(26)20-12-14-25(15-13-20)29(27,28)22-11-10-19-8-5-9-21(19)16-22/h2-4,6-7,10-11,16-17,20H,5,8-9,12-15H2,1H3,(H,24,26). The van der Waals surface area contributed by atoms with Gasteiger partial charge >= 0.3 is 0 Å². The van der Waals surface area contributed by atoms with E-state index in [1.54, 1.807) is 6.07 Å². The summed E-state index contributed by atoms with van der Waals surface area (Å²) in [5.41, 5.74) is 3.50. The number of carbonyl (C=O) groups excluding carboxylic acids is 1. The first-order chi connectivity index (χ1) is 13.9. The Morgan fingerprint density at radius 1 is 1.03 bits per heavy atom. The molecule has 2 aromatic rings. The molecular weight excluding hydrogens is 384 g/mol. The highest BCUT2D eigenvalue weighted by molar-refractivity contribution is 7.89. The highest BCUT2D eigenvalue weighted by Crippen LogP contribution is 2.29. The van der Waals surface area contributed by atoms with Gasteiger partial charge in [0.15, 0.2) is 0 Å². The first kappa shape index (κ1) is 20.1. The lowest BCUT2D eigenvalue weighted by Gasteiger charge is -2.31. The van der Waals surface area contributed by atoms with Gasteiger partial charge < -0.3 is 5.32 Å². The average molecular weight is 413 g/mol. The van der Waals surface area contributed by atoms with E-state index in [-0.39, 0.29) is 17.9 Å². The third-order valence-electron chi connectivity index (χ3n) is 6.19. The number of nitrogens with one attached hydrogen (secondary N) is 1. The number of fused-ring (bicyclic) bond motifs is 1. The monoisotopic (exact) mass is 412 g/mol. The molecule has 29 heavy (non-hydrogen) atoms. The molecule has 5 nitrogen and oxygen atoms in total. The smallest absolute Gasteiger partial charge is 0.243 e. The van der Waals surface area contributed by atoms with E-state index in [0.29, 0.717) is 30.8 Å². The van der Waals surface area contributed by atoms with Crippen molar-refractivity contribution in [3.63, 3.8) is 0 Å². The van der Waals surface area contributed by atoms with E-state index in [1.165, 1.54) is 9.87 Å². The number of aryl methyl sites for hydroxylation is 2. The molecule has 1 atom stereocenters. The second kappa shape index (κ2) is 8.28. The van der Waals surface area contributed by atoms with Crippen LogP contribution in [0.4, 0.5) is 0 Å². The van der Waals surface area contributed by atoms with E-state index in [0.717, 1.165) is 30.4 Å². The molecule has 0 aromatic heterocycles. The molecule has 0 saturated carbocycles. The van der Waals surface area contributed by atoms with Crippen LogP contribution < -0.4 is 5.32 Å². The lowest BCUT2D eigenvalue weighted by atomic mass is 9.96. The summed E-state index contributed by atoms with van der Waals surface area (Å²) in [6.45, 7) is 2.75. The molecule has 1 fully saturated rings. The van der Waals surface area contributed by atoms with Crippen LogP contribution in [0, 0.1) is 5.92 Å². The minimum Gasteiger partial charge on any atom is -0.349 e. The van der Waals surface area contributed by atoms with Crippen LogP contribution in [-0.4, -0.2) is 31.7 Å². The quantitative estimate of drug-likeness (QED) is 0.818. The maximum absolute atomic E-state index is 13.1. The van der Waals surface area contributed by atoms with E-state index in [4.69, 9.17) is 0 Å². The molecule has 1 unspecified atom stereocenters. The SMILES string of the molecule is CC(NC(=O)C1CCN(S(=O)(=O)c2ccc3c(c2)CCC3)CC1)c1ccccc1. The summed E-state index contributed by atoms with van der Waals surface area (Å²) in [4.78, 5) is 13.0. The maximum Gasteiger partial charge on any atom is 0.243 e. The van der Waals surface area contributed by atoms with Crippen LogP contribution in [0.2, 0.25) is 0 Å². The number of benzene rings is 2. The van der Waals surface area contributed by atoms with Gasteiger partial charge in [-0.2, -0.15) is 4.31 Å². The number of amides is 1. The van der Waals surface area contributed by atoms with E-state index < -0.39 is 10.0 Å². The number of sulfonamides is 1. The average Bonchev–Trinajstić information content (AvgIpc) is 3.22. The first-order valence-corrected chi connectivity index (χ1v) is 11.9. The van der Waals surface area contributed by atoms with Gasteiger partial charge in [0.2, 0.25) is 15.9 Å². The van der Waals surface area contributed by atoms with E-state index in [2.05, 4.69) is 5.32 Å². The van der Waals surface area contributed by atoms with Crippen LogP contribution in [-0.2, 0) is 27.7 Å². The molecule has 1 heterocycles. The Hall–Kier alpha value is -2.18. The fourth-order valence-electron chi connectivity index (χ4n) is 4.37. The molecule has 0 radical (unpaired) electrons. The molecule has 154 valence electrons. The van der Waals surface area contributed by atoms with Crippen molar-refractivity contribution in [3.8, 4) is 0 Å². The molecule has 2 aliphatic rings. The fraction of sp³-hybridized carbons (Fsp3) is 0.435. The summed E-state index contributed by atoms with van der Waals surface area (Å²) < 4.78 is 27.6. The number of nitrogens with zero attached hydrogens (tertiary/aromatic N) is 1. The van der Waals surface area contributed by atoms with E-state index in [1.807, 2.05) is 49.4 Å². The van der Waals surface area contributed by atoms with Crippen LogP contribution in [0.1, 0.15) is 48.9 Å². The maximum atomic E-state index is 13.1. The Bertz CT molecular complexity index is 980. The normalized spacial score (nSPS) is 18.9. The van der Waals surface area contributed by atoms with Crippen LogP contribution in [0.3, 0.4) is 0 Å². The summed E-state index contributed by atoms with van der Waals surface area (Å²) in [5.74, 6) is -0.136. The summed E-state index contributed by atoms with van der Waals surface area (Å²) in [6, 6.07) is 15.3. The molecule has 1 saturated heterocycles. The zero-order valence-electron chi connectivity index (χ0n) is 16.8. The summed E-state index contributed by atoms with van der Waals surface area (Å²) in [5, 5.41) is 3.07. The van der Waals surface area contributed by atoms with E-state index >= 15 is 0 Å². The van der Waals surface area contributed by atoms with Crippen molar-refractivity contribution in [1.29, 1.82) is 0 Å². The van der Waals surface area contributed by atoms with Gasteiger partial charge in [0.25, 0.3) is 0 Å². The first-order valence-electron chi connectivity index (χ1n) is 10.4. The minimum absolute atomic E-state index is 0.0101. The highest BCUT2D eigenvalue weighted by atomic mass is 32.2. The molecule has 1 aliphatic carbocycles. The van der Waals surface area contributed by atoms with Gasteiger partial charge in [-0.25, -0.2) is 8.42 Å². The molecule has 0 spiro atoms. The third kappa shape index (κ3) is 4.23. The molecule has 1 N–H and O–H groups in total. The van der Waals surface area contributed by atoms with Crippen molar-refractivity contribution >= 4 is 15.9 Å². The molecule has 2 aromatic carbocycles. The van der Waals surface area contributed by atoms with Gasteiger partial charge in [-0.15, -0.1) is 0 Å². The summed E-state index contributed by atoms with van der Waals surface area (Å²) in [6.07, 6.45) is 4.20. The third-order valence-corrected chi connectivity index (χ3v) is 8.09. The number of hydrogen-bond acceptors (Lipinski definition) is 3. The second-order valence-electron chi connectivity index (χ2n) is 8.10. The lowest BCUT2D eigenvalue weighted by Crippen LogP contribution is -2.43. The van der Waals surface area contributed by atoms with Crippen molar-refractivity contribution < 1.29 is 13.2 Å². The van der Waals surface area contributed by atoms with Crippen molar-refractivity contribution in [2.24, 2.45) is 5.92 Å². The van der Waals surface area contributed by atoms with Gasteiger partial charge in [-0.3, -0.25) is 4.79 Å². The van der Waals surface area contributed by atoms with Gasteiger partial charge in [0, 0.05) is 19.0 Å². The molecule has 6 heteroatoms. The largest absolute Gasteiger partial charge is 0.349 e. The lowest BCUT2D eigenvalue weighted by molar-refractivity contribution is -0.126. The van der Waals surface area contributed by atoms with Crippen molar-refractivity contribution in [2.45, 2.75) is 50.0 Å². The zero-order valence-corrected chi connectivity index (χ0v) is 17.6. The Morgan fingerprint density at radius 3 is 2.45 bits per heavy atom. The van der Waals surface area contributed by atoms with Crippen LogP contribution in [0.15, 0.2) is 53.4 Å². The molecule has 0 bridgehead atoms. The second-order valence-corrected chi connectivity index (χ2v) is 10.0. The van der Waals surface area contributed by atoms with Crippen molar-refractivity contribution in [2.75, 3.05) is 13.1 Å². The Morgan fingerprint density at radius 2 is 1.72 bits per heavy atom. The van der Waals surface area contributed by atoms with Gasteiger partial charge in [-0.05, 0) is 67.9 Å². The zero-order chi connectivity index (χ0) is 20.4.